The summed E-state index contributed by atoms with van der Waals surface area (Å²) in [5.41, 5.74) is 1.05. The molecule has 1 aromatic heterocycles. The van der Waals surface area contributed by atoms with Crippen LogP contribution in [0.5, 0.6) is 0 Å². The molecular formula is C21H28ClF2N3O. The van der Waals surface area contributed by atoms with E-state index >= 15 is 0 Å². The SMILES string of the molecule is C1CCC1.Cc1cn[nH]c1.O=CNC(c1c(F)ccc(Cl)c1F)C1CCCC1. The molecule has 0 bridgehead atoms. The monoisotopic (exact) mass is 411 g/mol. The largest absolute Gasteiger partial charge is 0.351 e. The Morgan fingerprint density at radius 3 is 2.25 bits per heavy atom. The van der Waals surface area contributed by atoms with Crippen molar-refractivity contribution in [3.8, 4) is 0 Å². The zero-order chi connectivity index (χ0) is 20.4. The summed E-state index contributed by atoms with van der Waals surface area (Å²) in [7, 11) is 0. The maximum absolute atomic E-state index is 14.0. The molecule has 154 valence electrons. The fourth-order valence-electron chi connectivity index (χ4n) is 3.21. The summed E-state index contributed by atoms with van der Waals surface area (Å²) in [6.07, 6.45) is 13.9. The van der Waals surface area contributed by atoms with Crippen LogP contribution in [0.25, 0.3) is 0 Å². The van der Waals surface area contributed by atoms with Gasteiger partial charge in [0.15, 0.2) is 0 Å². The van der Waals surface area contributed by atoms with E-state index in [4.69, 9.17) is 11.6 Å². The third-order valence-electron chi connectivity index (χ3n) is 5.14. The first-order valence-corrected chi connectivity index (χ1v) is 10.2. The van der Waals surface area contributed by atoms with E-state index in [1.165, 1.54) is 37.3 Å². The van der Waals surface area contributed by atoms with Gasteiger partial charge in [-0.25, -0.2) is 8.78 Å². The van der Waals surface area contributed by atoms with Gasteiger partial charge in [-0.3, -0.25) is 9.89 Å². The molecule has 2 N–H and O–H groups in total. The summed E-state index contributed by atoms with van der Waals surface area (Å²) in [4.78, 5) is 10.7. The van der Waals surface area contributed by atoms with E-state index in [0.29, 0.717) is 6.41 Å². The van der Waals surface area contributed by atoms with E-state index in [9.17, 15) is 13.6 Å². The number of H-pyrrole nitrogens is 1. The normalized spacial score (nSPS) is 16.7. The lowest BCUT2D eigenvalue weighted by Gasteiger charge is -2.24. The van der Waals surface area contributed by atoms with Gasteiger partial charge in [-0.05, 0) is 43.4 Å². The van der Waals surface area contributed by atoms with Crippen molar-refractivity contribution in [3.63, 3.8) is 0 Å². The summed E-state index contributed by atoms with van der Waals surface area (Å²) < 4.78 is 27.8. The Bertz CT molecular complexity index is 711. The first kappa shape index (κ1) is 22.3. The molecule has 0 radical (unpaired) electrons. The van der Waals surface area contributed by atoms with Gasteiger partial charge in [0.25, 0.3) is 0 Å². The van der Waals surface area contributed by atoms with Crippen LogP contribution in [0.15, 0.2) is 24.5 Å². The Balaban J connectivity index is 0.000000226. The molecule has 0 spiro atoms. The van der Waals surface area contributed by atoms with Crippen LogP contribution in [-0.2, 0) is 4.79 Å². The lowest BCUT2D eigenvalue weighted by molar-refractivity contribution is -0.110. The predicted octanol–water partition coefficient (Wildman–Crippen LogP) is 5.87. The van der Waals surface area contributed by atoms with Crippen LogP contribution in [0.4, 0.5) is 8.78 Å². The van der Waals surface area contributed by atoms with Crippen molar-refractivity contribution in [2.75, 3.05) is 0 Å². The van der Waals surface area contributed by atoms with Crippen LogP contribution in [0.2, 0.25) is 5.02 Å². The second-order valence-corrected chi connectivity index (χ2v) is 7.66. The number of carbonyl (C=O) groups excluding carboxylic acids is 1. The van der Waals surface area contributed by atoms with E-state index < -0.39 is 17.7 Å². The summed E-state index contributed by atoms with van der Waals surface area (Å²) in [5, 5.41) is 8.78. The molecule has 7 heteroatoms. The quantitative estimate of drug-likeness (QED) is 0.488. The number of nitrogens with one attached hydrogen (secondary N) is 2. The van der Waals surface area contributed by atoms with E-state index in [1.807, 2.05) is 13.1 Å². The minimum atomic E-state index is -0.775. The van der Waals surface area contributed by atoms with E-state index in [-0.39, 0.29) is 16.5 Å². The van der Waals surface area contributed by atoms with Crippen LogP contribution < -0.4 is 5.32 Å². The Morgan fingerprint density at radius 2 is 1.82 bits per heavy atom. The van der Waals surface area contributed by atoms with Gasteiger partial charge in [0.1, 0.15) is 11.6 Å². The fourth-order valence-corrected chi connectivity index (χ4v) is 3.38. The molecule has 2 aromatic rings. The first-order valence-electron chi connectivity index (χ1n) is 9.83. The maximum Gasteiger partial charge on any atom is 0.207 e. The number of carbonyl (C=O) groups is 1. The molecule has 2 saturated carbocycles. The van der Waals surface area contributed by atoms with Gasteiger partial charge < -0.3 is 5.32 Å². The van der Waals surface area contributed by atoms with E-state index in [0.717, 1.165) is 31.7 Å². The molecular weight excluding hydrogens is 384 g/mol. The predicted molar refractivity (Wildman–Crippen MR) is 107 cm³/mol. The van der Waals surface area contributed by atoms with Crippen LogP contribution in [0.3, 0.4) is 0 Å². The lowest BCUT2D eigenvalue weighted by Crippen LogP contribution is -2.28. The van der Waals surface area contributed by atoms with Crippen molar-refractivity contribution in [3.05, 3.63) is 52.3 Å². The van der Waals surface area contributed by atoms with Gasteiger partial charge in [-0.2, -0.15) is 5.10 Å². The minimum Gasteiger partial charge on any atom is -0.351 e. The second-order valence-electron chi connectivity index (χ2n) is 7.25. The van der Waals surface area contributed by atoms with Gasteiger partial charge in [0.05, 0.1) is 17.3 Å². The standard InChI is InChI=1S/C13H14ClF2NO.C4H6N2.C4H8/c14-9-5-6-10(15)11(12(9)16)13(17-7-18)8-3-1-2-4-8;1-4-2-5-6-3-4;1-2-4-3-1/h5-8,13H,1-4H2,(H,17,18);2-3H,1H3,(H,5,6);1-4H2. The molecule has 1 atom stereocenters. The van der Waals surface area contributed by atoms with Crippen LogP contribution in [-0.4, -0.2) is 16.6 Å². The van der Waals surface area contributed by atoms with Gasteiger partial charge in [-0.15, -0.1) is 0 Å². The van der Waals surface area contributed by atoms with Crippen LogP contribution >= 0.6 is 11.6 Å². The zero-order valence-electron chi connectivity index (χ0n) is 16.2. The molecule has 2 fully saturated rings. The van der Waals surface area contributed by atoms with Gasteiger partial charge in [0, 0.05) is 11.8 Å². The molecule has 1 aromatic carbocycles. The number of halogens is 3. The Kier molecular flexibility index (Phi) is 9.41. The number of aryl methyl sites for hydroxylation is 1. The number of amides is 1. The van der Waals surface area contributed by atoms with E-state index in [1.54, 1.807) is 6.20 Å². The van der Waals surface area contributed by atoms with Crippen molar-refractivity contribution in [1.29, 1.82) is 0 Å². The minimum absolute atomic E-state index is 0.0673. The summed E-state index contributed by atoms with van der Waals surface area (Å²) in [6, 6.07) is 1.68. The highest BCUT2D eigenvalue weighted by Gasteiger charge is 2.31. The highest BCUT2D eigenvalue weighted by Crippen LogP contribution is 2.38. The first-order chi connectivity index (χ1) is 13.5. The highest BCUT2D eigenvalue weighted by atomic mass is 35.5. The van der Waals surface area contributed by atoms with Crippen molar-refractivity contribution in [2.45, 2.75) is 64.3 Å². The Hall–Kier alpha value is -1.95. The third-order valence-corrected chi connectivity index (χ3v) is 5.44. The number of hydrogen-bond donors (Lipinski definition) is 2. The molecule has 1 heterocycles. The number of aromatic amines is 1. The van der Waals surface area contributed by atoms with Crippen molar-refractivity contribution >= 4 is 18.0 Å². The van der Waals surface area contributed by atoms with Gasteiger partial charge >= 0.3 is 0 Å². The van der Waals surface area contributed by atoms with Crippen LogP contribution in [0.1, 0.15) is 68.5 Å². The molecule has 1 unspecified atom stereocenters. The fraction of sp³-hybridized carbons (Fsp3) is 0.524. The maximum atomic E-state index is 14.0. The van der Waals surface area contributed by atoms with Crippen molar-refractivity contribution in [1.82, 2.24) is 15.5 Å². The lowest BCUT2D eigenvalue weighted by atomic mass is 9.91. The molecule has 1 amide bonds. The van der Waals surface area contributed by atoms with Crippen LogP contribution in [0, 0.1) is 24.5 Å². The van der Waals surface area contributed by atoms with Gasteiger partial charge in [0.2, 0.25) is 6.41 Å². The Labute approximate surface area is 170 Å². The van der Waals surface area contributed by atoms with Crippen molar-refractivity contribution < 1.29 is 13.6 Å². The molecule has 2 aliphatic carbocycles. The zero-order valence-corrected chi connectivity index (χ0v) is 16.9. The average Bonchev–Trinajstić information content (AvgIpc) is 3.30. The molecule has 0 aliphatic heterocycles. The molecule has 4 rings (SSSR count). The summed E-state index contributed by atoms with van der Waals surface area (Å²) >= 11 is 5.68. The summed E-state index contributed by atoms with van der Waals surface area (Å²) in [6.45, 7) is 1.99. The smallest absolute Gasteiger partial charge is 0.207 e. The number of benzene rings is 1. The molecule has 2 aliphatic rings. The Morgan fingerprint density at radius 1 is 1.18 bits per heavy atom. The van der Waals surface area contributed by atoms with Gasteiger partial charge in [-0.1, -0.05) is 50.1 Å². The third kappa shape index (κ3) is 6.59. The molecule has 4 nitrogen and oxygen atoms in total. The number of aromatic nitrogens is 2. The molecule has 28 heavy (non-hydrogen) atoms. The molecule has 0 saturated heterocycles. The number of hydrogen-bond acceptors (Lipinski definition) is 2. The van der Waals surface area contributed by atoms with Crippen molar-refractivity contribution in [2.24, 2.45) is 5.92 Å². The second kappa shape index (κ2) is 11.8. The number of nitrogens with zero attached hydrogens (tertiary/aromatic N) is 1. The average molecular weight is 412 g/mol. The van der Waals surface area contributed by atoms with E-state index in [2.05, 4.69) is 15.5 Å². The topological polar surface area (TPSA) is 57.8 Å². The number of rotatable bonds is 4. The summed E-state index contributed by atoms with van der Waals surface area (Å²) in [5.74, 6) is -1.37. The highest BCUT2D eigenvalue weighted by molar-refractivity contribution is 6.30.